The molecule has 1 heterocycles. The van der Waals surface area contributed by atoms with Gasteiger partial charge in [-0.3, -0.25) is 9.48 Å². The number of aliphatic carboxylic acids is 1. The third-order valence-electron chi connectivity index (χ3n) is 2.98. The van der Waals surface area contributed by atoms with E-state index in [1.54, 1.807) is 24.7 Å². The number of carbonyl (C=O) groups is 2. The fraction of sp³-hybridized carbons (Fsp3) is 0.308. The van der Waals surface area contributed by atoms with Gasteiger partial charge >= 0.3 is 5.97 Å². The van der Waals surface area contributed by atoms with Crippen molar-refractivity contribution in [3.63, 3.8) is 0 Å². The standard InChI is InChI=1S/C13H15N3O3/c1-3-9(13(18)19)14-12(17)11-8-6-4-5-7-10(8)16(2)15-11/h4-7,9H,3H2,1-2H3,(H,14,17)(H,18,19)/t9-/m0/s1. The maximum absolute atomic E-state index is 12.1. The minimum absolute atomic E-state index is 0.248. The first-order valence-electron chi connectivity index (χ1n) is 6.00. The molecule has 1 amide bonds. The van der Waals surface area contributed by atoms with E-state index in [0.29, 0.717) is 11.8 Å². The Morgan fingerprint density at radius 2 is 2.11 bits per heavy atom. The van der Waals surface area contributed by atoms with Crippen molar-refractivity contribution in [2.75, 3.05) is 0 Å². The van der Waals surface area contributed by atoms with Crippen molar-refractivity contribution in [2.24, 2.45) is 7.05 Å². The van der Waals surface area contributed by atoms with Crippen LogP contribution in [0.3, 0.4) is 0 Å². The second-order valence-corrected chi connectivity index (χ2v) is 4.26. The predicted molar refractivity (Wildman–Crippen MR) is 69.9 cm³/mol. The normalized spacial score (nSPS) is 12.3. The van der Waals surface area contributed by atoms with E-state index in [9.17, 15) is 9.59 Å². The number of nitrogens with zero attached hydrogens (tertiary/aromatic N) is 2. The Hall–Kier alpha value is -2.37. The number of para-hydroxylation sites is 1. The van der Waals surface area contributed by atoms with Crippen molar-refractivity contribution in [2.45, 2.75) is 19.4 Å². The summed E-state index contributed by atoms with van der Waals surface area (Å²) in [5, 5.41) is 16.3. The molecule has 2 rings (SSSR count). The topological polar surface area (TPSA) is 84.2 Å². The molecule has 100 valence electrons. The second kappa shape index (κ2) is 5.09. The maximum atomic E-state index is 12.1. The molecule has 1 aromatic carbocycles. The number of aryl methyl sites for hydroxylation is 1. The molecule has 1 aromatic heterocycles. The van der Waals surface area contributed by atoms with Gasteiger partial charge in [-0.15, -0.1) is 0 Å². The van der Waals surface area contributed by atoms with Gasteiger partial charge in [-0.05, 0) is 12.5 Å². The summed E-state index contributed by atoms with van der Waals surface area (Å²) in [5.41, 5.74) is 1.08. The Bertz CT molecular complexity index is 633. The van der Waals surface area contributed by atoms with E-state index in [2.05, 4.69) is 10.4 Å². The lowest BCUT2D eigenvalue weighted by atomic mass is 10.2. The smallest absolute Gasteiger partial charge is 0.326 e. The quantitative estimate of drug-likeness (QED) is 0.865. The Kier molecular flexibility index (Phi) is 3.50. The lowest BCUT2D eigenvalue weighted by Crippen LogP contribution is -2.40. The van der Waals surface area contributed by atoms with Crippen LogP contribution in [-0.4, -0.2) is 32.8 Å². The third kappa shape index (κ3) is 2.42. The number of carboxylic acids is 1. The molecule has 0 bridgehead atoms. The van der Waals surface area contributed by atoms with E-state index in [-0.39, 0.29) is 5.69 Å². The molecule has 0 aliphatic rings. The summed E-state index contributed by atoms with van der Waals surface area (Å²) >= 11 is 0. The van der Waals surface area contributed by atoms with Crippen LogP contribution in [0.15, 0.2) is 24.3 Å². The molecular weight excluding hydrogens is 246 g/mol. The minimum Gasteiger partial charge on any atom is -0.480 e. The number of rotatable bonds is 4. The number of amides is 1. The molecule has 0 aliphatic heterocycles. The second-order valence-electron chi connectivity index (χ2n) is 4.26. The highest BCUT2D eigenvalue weighted by atomic mass is 16.4. The van der Waals surface area contributed by atoms with E-state index in [1.165, 1.54) is 0 Å². The van der Waals surface area contributed by atoms with Crippen LogP contribution in [0.4, 0.5) is 0 Å². The zero-order valence-electron chi connectivity index (χ0n) is 10.8. The molecule has 6 nitrogen and oxygen atoms in total. The van der Waals surface area contributed by atoms with Gasteiger partial charge in [-0.2, -0.15) is 5.10 Å². The van der Waals surface area contributed by atoms with Crippen LogP contribution >= 0.6 is 0 Å². The van der Waals surface area contributed by atoms with Gasteiger partial charge in [0.2, 0.25) is 0 Å². The molecule has 0 saturated heterocycles. The number of benzene rings is 1. The van der Waals surface area contributed by atoms with Gasteiger partial charge in [0.15, 0.2) is 5.69 Å². The molecule has 0 spiro atoms. The Balaban J connectivity index is 2.34. The van der Waals surface area contributed by atoms with Gasteiger partial charge in [-0.1, -0.05) is 25.1 Å². The highest BCUT2D eigenvalue weighted by molar-refractivity contribution is 6.05. The van der Waals surface area contributed by atoms with E-state index >= 15 is 0 Å². The minimum atomic E-state index is -1.05. The summed E-state index contributed by atoms with van der Waals surface area (Å²) < 4.78 is 1.60. The number of hydrogen-bond acceptors (Lipinski definition) is 3. The van der Waals surface area contributed by atoms with Gasteiger partial charge in [0.05, 0.1) is 5.52 Å². The van der Waals surface area contributed by atoms with Crippen LogP contribution in [-0.2, 0) is 11.8 Å². The highest BCUT2D eigenvalue weighted by Crippen LogP contribution is 2.17. The molecule has 0 fully saturated rings. The van der Waals surface area contributed by atoms with Gasteiger partial charge in [0, 0.05) is 12.4 Å². The van der Waals surface area contributed by atoms with Crippen molar-refractivity contribution < 1.29 is 14.7 Å². The van der Waals surface area contributed by atoms with Crippen LogP contribution in [0.5, 0.6) is 0 Å². The van der Waals surface area contributed by atoms with E-state index in [1.807, 2.05) is 18.2 Å². The van der Waals surface area contributed by atoms with Crippen molar-refractivity contribution >= 4 is 22.8 Å². The zero-order chi connectivity index (χ0) is 14.0. The predicted octanol–water partition coefficient (Wildman–Crippen LogP) is 1.17. The van der Waals surface area contributed by atoms with Crippen LogP contribution in [0.25, 0.3) is 10.9 Å². The first-order valence-corrected chi connectivity index (χ1v) is 6.00. The molecular formula is C13H15N3O3. The number of hydrogen-bond donors (Lipinski definition) is 2. The molecule has 19 heavy (non-hydrogen) atoms. The molecule has 0 radical (unpaired) electrons. The average molecular weight is 261 g/mol. The first kappa shape index (κ1) is 13.1. The van der Waals surface area contributed by atoms with Crippen LogP contribution in [0.2, 0.25) is 0 Å². The summed E-state index contributed by atoms with van der Waals surface area (Å²) in [6, 6.07) is 6.42. The number of nitrogens with one attached hydrogen (secondary N) is 1. The van der Waals surface area contributed by atoms with Gasteiger partial charge in [0.25, 0.3) is 5.91 Å². The number of carboxylic acid groups (broad SMARTS) is 1. The van der Waals surface area contributed by atoms with E-state index < -0.39 is 17.9 Å². The fourth-order valence-corrected chi connectivity index (χ4v) is 1.95. The molecule has 0 aliphatic carbocycles. The average Bonchev–Trinajstić information content (AvgIpc) is 2.73. The van der Waals surface area contributed by atoms with Crippen LogP contribution in [0.1, 0.15) is 23.8 Å². The van der Waals surface area contributed by atoms with E-state index in [0.717, 1.165) is 5.52 Å². The fourth-order valence-electron chi connectivity index (χ4n) is 1.95. The molecule has 1 atom stereocenters. The van der Waals surface area contributed by atoms with Crippen molar-refractivity contribution in [3.8, 4) is 0 Å². The zero-order valence-corrected chi connectivity index (χ0v) is 10.8. The first-order chi connectivity index (χ1) is 9.04. The Morgan fingerprint density at radius 1 is 1.42 bits per heavy atom. The van der Waals surface area contributed by atoms with Crippen molar-refractivity contribution in [1.82, 2.24) is 15.1 Å². The summed E-state index contributed by atoms with van der Waals surface area (Å²) in [4.78, 5) is 23.0. The number of aromatic nitrogens is 2. The monoisotopic (exact) mass is 261 g/mol. The maximum Gasteiger partial charge on any atom is 0.326 e. The molecule has 2 aromatic rings. The third-order valence-corrected chi connectivity index (χ3v) is 2.98. The molecule has 6 heteroatoms. The van der Waals surface area contributed by atoms with Crippen molar-refractivity contribution in [1.29, 1.82) is 0 Å². The van der Waals surface area contributed by atoms with Gasteiger partial charge < -0.3 is 10.4 Å². The molecule has 0 saturated carbocycles. The summed E-state index contributed by atoms with van der Waals surface area (Å²) in [6.45, 7) is 1.70. The lowest BCUT2D eigenvalue weighted by Gasteiger charge is -2.10. The SMILES string of the molecule is CC[C@H](NC(=O)c1nn(C)c2ccccc12)C(=O)O. The highest BCUT2D eigenvalue weighted by Gasteiger charge is 2.22. The largest absolute Gasteiger partial charge is 0.480 e. The van der Waals surface area contributed by atoms with Gasteiger partial charge in [0.1, 0.15) is 6.04 Å². The van der Waals surface area contributed by atoms with Crippen molar-refractivity contribution in [3.05, 3.63) is 30.0 Å². The molecule has 2 N–H and O–H groups in total. The number of carbonyl (C=O) groups excluding carboxylic acids is 1. The Labute approximate surface area is 110 Å². The lowest BCUT2D eigenvalue weighted by molar-refractivity contribution is -0.139. The molecule has 0 unspecified atom stereocenters. The summed E-state index contributed by atoms with van der Waals surface area (Å²) in [6.07, 6.45) is 0.325. The summed E-state index contributed by atoms with van der Waals surface area (Å²) in [5.74, 6) is -1.51. The number of fused-ring (bicyclic) bond motifs is 1. The van der Waals surface area contributed by atoms with E-state index in [4.69, 9.17) is 5.11 Å². The van der Waals surface area contributed by atoms with Crippen LogP contribution < -0.4 is 5.32 Å². The summed E-state index contributed by atoms with van der Waals surface area (Å²) in [7, 11) is 1.74. The van der Waals surface area contributed by atoms with Crippen LogP contribution in [0, 0.1) is 0 Å². The van der Waals surface area contributed by atoms with Gasteiger partial charge in [-0.25, -0.2) is 4.79 Å². The Morgan fingerprint density at radius 3 is 2.74 bits per heavy atom.